The standard InChI is InChI=1S/C28H30F3NO3/c1-17(10-12-23-19(3)15-25(34-6)21(5)20(23)4)8-7-9-18(2)14-27(33)35-26-16-22(28(29,30)31)11-13-24(26)32/h7-16H,32H2,1-6H3/b9-7+,12-10+,17-8+,18-14+. The van der Waals surface area contributed by atoms with E-state index in [-0.39, 0.29) is 11.4 Å². The first kappa shape index (κ1) is 27.5. The highest BCUT2D eigenvalue weighted by Crippen LogP contribution is 2.34. The molecule has 0 amide bonds. The molecule has 0 aliphatic heterocycles. The van der Waals surface area contributed by atoms with Crippen LogP contribution in [0.4, 0.5) is 18.9 Å². The van der Waals surface area contributed by atoms with Crippen molar-refractivity contribution >= 4 is 17.7 Å². The number of nitrogen functional groups attached to an aromatic ring is 1. The summed E-state index contributed by atoms with van der Waals surface area (Å²) in [5, 5.41) is 0. The summed E-state index contributed by atoms with van der Waals surface area (Å²) >= 11 is 0. The lowest BCUT2D eigenvalue weighted by Crippen LogP contribution is -2.10. The Morgan fingerprint density at radius 2 is 1.66 bits per heavy atom. The van der Waals surface area contributed by atoms with Gasteiger partial charge in [0.2, 0.25) is 0 Å². The van der Waals surface area contributed by atoms with E-state index in [0.29, 0.717) is 11.6 Å². The zero-order chi connectivity index (χ0) is 26.3. The number of rotatable bonds is 7. The molecule has 7 heteroatoms. The van der Waals surface area contributed by atoms with Crippen LogP contribution in [0.25, 0.3) is 6.08 Å². The van der Waals surface area contributed by atoms with Crippen molar-refractivity contribution in [1.82, 2.24) is 0 Å². The SMILES string of the molecule is COc1cc(C)c(/C=C/C(C)=C/C=C/C(C)=C/C(=O)Oc2cc(C(F)(F)F)ccc2N)c(C)c1C. The fraction of sp³-hybridized carbons (Fsp3) is 0.250. The molecule has 0 saturated carbocycles. The number of carbonyl (C=O) groups is 1. The molecule has 0 fully saturated rings. The molecule has 0 spiro atoms. The number of carbonyl (C=O) groups excluding carboxylic acids is 1. The predicted octanol–water partition coefficient (Wildman–Crippen LogP) is 7.29. The molecule has 4 nitrogen and oxygen atoms in total. The quantitative estimate of drug-likeness (QED) is 0.147. The number of hydrogen-bond donors (Lipinski definition) is 1. The number of nitrogens with two attached hydrogens (primary N) is 1. The molecule has 0 aromatic heterocycles. The average molecular weight is 486 g/mol. The number of ether oxygens (including phenoxy) is 2. The Kier molecular flexibility index (Phi) is 9.12. The van der Waals surface area contributed by atoms with Crippen molar-refractivity contribution in [2.45, 2.75) is 40.8 Å². The largest absolute Gasteiger partial charge is 0.496 e. The van der Waals surface area contributed by atoms with E-state index < -0.39 is 17.7 Å². The number of esters is 1. The molecule has 2 aromatic carbocycles. The van der Waals surface area contributed by atoms with Crippen LogP contribution < -0.4 is 15.2 Å². The molecule has 0 aliphatic carbocycles. The minimum Gasteiger partial charge on any atom is -0.496 e. The number of benzene rings is 2. The number of methoxy groups -OCH3 is 1. The summed E-state index contributed by atoms with van der Waals surface area (Å²) in [4.78, 5) is 12.1. The molecule has 0 aliphatic rings. The third-order valence-corrected chi connectivity index (χ3v) is 5.46. The number of aryl methyl sites for hydroxylation is 1. The molecule has 35 heavy (non-hydrogen) atoms. The molecule has 0 radical (unpaired) electrons. The molecule has 2 rings (SSSR count). The van der Waals surface area contributed by atoms with Gasteiger partial charge in [-0.1, -0.05) is 36.0 Å². The summed E-state index contributed by atoms with van der Waals surface area (Å²) in [5.74, 6) is -0.290. The first-order valence-corrected chi connectivity index (χ1v) is 10.9. The van der Waals surface area contributed by atoms with Crippen LogP contribution >= 0.6 is 0 Å². The van der Waals surface area contributed by atoms with Crippen molar-refractivity contribution in [3.8, 4) is 11.5 Å². The first-order valence-electron chi connectivity index (χ1n) is 10.9. The molecule has 2 aromatic rings. The molecule has 2 N–H and O–H groups in total. The number of anilines is 1. The predicted molar refractivity (Wildman–Crippen MR) is 134 cm³/mol. The minimum atomic E-state index is -4.56. The fourth-order valence-corrected chi connectivity index (χ4v) is 3.33. The molecular weight excluding hydrogens is 455 g/mol. The topological polar surface area (TPSA) is 61.5 Å². The van der Waals surface area contributed by atoms with Gasteiger partial charge in [0.1, 0.15) is 5.75 Å². The summed E-state index contributed by atoms with van der Waals surface area (Å²) in [7, 11) is 1.66. The Morgan fingerprint density at radius 1 is 0.971 bits per heavy atom. The van der Waals surface area contributed by atoms with E-state index in [1.807, 2.05) is 39.0 Å². The highest BCUT2D eigenvalue weighted by Gasteiger charge is 2.31. The van der Waals surface area contributed by atoms with Gasteiger partial charge in [0, 0.05) is 6.08 Å². The Morgan fingerprint density at radius 3 is 2.29 bits per heavy atom. The zero-order valence-corrected chi connectivity index (χ0v) is 20.7. The second-order valence-corrected chi connectivity index (χ2v) is 8.22. The van der Waals surface area contributed by atoms with Gasteiger partial charge >= 0.3 is 12.1 Å². The smallest absolute Gasteiger partial charge is 0.416 e. The zero-order valence-electron chi connectivity index (χ0n) is 20.7. The Bertz CT molecular complexity index is 1220. The number of allylic oxidation sites excluding steroid dienone is 6. The van der Waals surface area contributed by atoms with Crippen LogP contribution in [0.1, 0.15) is 41.7 Å². The molecule has 0 saturated heterocycles. The molecular formula is C28H30F3NO3. The maximum Gasteiger partial charge on any atom is 0.416 e. The lowest BCUT2D eigenvalue weighted by molar-refractivity contribution is -0.138. The number of hydrogen-bond acceptors (Lipinski definition) is 4. The van der Waals surface area contributed by atoms with Gasteiger partial charge in [-0.3, -0.25) is 0 Å². The summed E-state index contributed by atoms with van der Waals surface area (Å²) in [6, 6.07) is 4.61. The van der Waals surface area contributed by atoms with Crippen LogP contribution in [0, 0.1) is 20.8 Å². The average Bonchev–Trinajstić information content (AvgIpc) is 2.76. The van der Waals surface area contributed by atoms with Gasteiger partial charge in [-0.15, -0.1) is 0 Å². The van der Waals surface area contributed by atoms with Gasteiger partial charge in [0.25, 0.3) is 0 Å². The highest BCUT2D eigenvalue weighted by atomic mass is 19.4. The van der Waals surface area contributed by atoms with E-state index in [0.717, 1.165) is 45.7 Å². The van der Waals surface area contributed by atoms with Gasteiger partial charge in [0.15, 0.2) is 5.75 Å². The van der Waals surface area contributed by atoms with E-state index >= 15 is 0 Å². The first-order chi connectivity index (χ1) is 16.3. The van der Waals surface area contributed by atoms with Crippen molar-refractivity contribution in [1.29, 1.82) is 0 Å². The molecule has 0 unspecified atom stereocenters. The summed E-state index contributed by atoms with van der Waals surface area (Å²) in [6.07, 6.45) is 6.02. The summed E-state index contributed by atoms with van der Waals surface area (Å²) < 4.78 is 49.0. The van der Waals surface area contributed by atoms with Gasteiger partial charge in [-0.25, -0.2) is 4.79 Å². The number of halogens is 3. The van der Waals surface area contributed by atoms with Crippen molar-refractivity contribution in [2.24, 2.45) is 0 Å². The molecule has 0 atom stereocenters. The normalized spacial score (nSPS) is 13.1. The van der Waals surface area contributed by atoms with Gasteiger partial charge < -0.3 is 15.2 Å². The van der Waals surface area contributed by atoms with Gasteiger partial charge in [0.05, 0.1) is 18.4 Å². The highest BCUT2D eigenvalue weighted by molar-refractivity contribution is 5.86. The van der Waals surface area contributed by atoms with Crippen LogP contribution in [-0.2, 0) is 11.0 Å². The van der Waals surface area contributed by atoms with Crippen molar-refractivity contribution < 1.29 is 27.4 Å². The summed E-state index contributed by atoms with van der Waals surface area (Å²) in [6.45, 7) is 9.75. The van der Waals surface area contributed by atoms with Crippen LogP contribution in [-0.4, -0.2) is 13.1 Å². The lowest BCUT2D eigenvalue weighted by atomic mass is 9.96. The Labute approximate surface area is 204 Å². The van der Waals surface area contributed by atoms with Crippen LogP contribution in [0.3, 0.4) is 0 Å². The van der Waals surface area contributed by atoms with E-state index in [2.05, 4.69) is 13.0 Å². The van der Waals surface area contributed by atoms with Crippen molar-refractivity contribution in [2.75, 3.05) is 12.8 Å². The minimum absolute atomic E-state index is 0.0594. The van der Waals surface area contributed by atoms with E-state index in [9.17, 15) is 18.0 Å². The maximum atomic E-state index is 12.9. The monoisotopic (exact) mass is 485 g/mol. The third kappa shape index (κ3) is 7.64. The van der Waals surface area contributed by atoms with E-state index in [4.69, 9.17) is 15.2 Å². The molecule has 186 valence electrons. The molecule has 0 heterocycles. The number of alkyl halides is 3. The van der Waals surface area contributed by atoms with Gasteiger partial charge in [-0.05, 0) is 86.7 Å². The third-order valence-electron chi connectivity index (χ3n) is 5.46. The van der Waals surface area contributed by atoms with Crippen molar-refractivity contribution in [3.05, 3.63) is 93.6 Å². The van der Waals surface area contributed by atoms with Gasteiger partial charge in [-0.2, -0.15) is 13.2 Å². The second kappa shape index (κ2) is 11.6. The second-order valence-electron chi connectivity index (χ2n) is 8.22. The van der Waals surface area contributed by atoms with Crippen LogP contribution in [0.2, 0.25) is 0 Å². The lowest BCUT2D eigenvalue weighted by Gasteiger charge is -2.13. The Hall–Kier alpha value is -3.74. The molecule has 0 bridgehead atoms. The van der Waals surface area contributed by atoms with Crippen molar-refractivity contribution in [3.63, 3.8) is 0 Å². The van der Waals surface area contributed by atoms with E-state index in [1.165, 1.54) is 6.08 Å². The van der Waals surface area contributed by atoms with Crippen LogP contribution in [0.15, 0.2) is 65.8 Å². The van der Waals surface area contributed by atoms with E-state index in [1.54, 1.807) is 26.2 Å². The maximum absolute atomic E-state index is 12.9. The van der Waals surface area contributed by atoms with Crippen LogP contribution in [0.5, 0.6) is 11.5 Å². The Balaban J connectivity index is 2.08. The fourth-order valence-electron chi connectivity index (χ4n) is 3.33. The summed E-state index contributed by atoms with van der Waals surface area (Å²) in [5.41, 5.74) is 10.7.